The second-order valence-electron chi connectivity index (χ2n) is 11.7. The first-order chi connectivity index (χ1) is 23.3. The van der Waals surface area contributed by atoms with Gasteiger partial charge in [-0.1, -0.05) is 109 Å². The van der Waals surface area contributed by atoms with Crippen molar-refractivity contribution in [2.45, 2.75) is 0 Å². The molecular formula is C42H24N2OS2. The Morgan fingerprint density at radius 1 is 0.468 bits per heavy atom. The van der Waals surface area contributed by atoms with E-state index in [9.17, 15) is 0 Å². The Bertz CT molecular complexity index is 2760. The summed E-state index contributed by atoms with van der Waals surface area (Å²) in [5.41, 5.74) is 9.31. The van der Waals surface area contributed by atoms with Crippen LogP contribution in [0.15, 0.2) is 150 Å². The number of hydrogen-bond donors (Lipinski definition) is 0. The highest BCUT2D eigenvalue weighted by Crippen LogP contribution is 2.52. The highest BCUT2D eigenvalue weighted by molar-refractivity contribution is 7.28. The molecule has 4 heterocycles. The van der Waals surface area contributed by atoms with Crippen LogP contribution in [0.5, 0.6) is 0 Å². The molecule has 0 aliphatic carbocycles. The molecule has 4 aromatic heterocycles. The van der Waals surface area contributed by atoms with Crippen molar-refractivity contribution >= 4 is 74.9 Å². The number of aromatic nitrogens is 2. The van der Waals surface area contributed by atoms with Crippen molar-refractivity contribution in [1.29, 1.82) is 0 Å². The van der Waals surface area contributed by atoms with E-state index in [-0.39, 0.29) is 0 Å². The Hall–Kier alpha value is -5.62. The molecular weight excluding hydrogens is 613 g/mol. The Balaban J connectivity index is 1.29. The van der Waals surface area contributed by atoms with E-state index in [1.54, 1.807) is 0 Å². The maximum Gasteiger partial charge on any atom is 0.227 e. The summed E-state index contributed by atoms with van der Waals surface area (Å²) in [5, 5.41) is 4.95. The van der Waals surface area contributed by atoms with Crippen LogP contribution in [0, 0.1) is 0 Å². The quantitative estimate of drug-likeness (QED) is 0.193. The minimum absolute atomic E-state index is 0.626. The standard InChI is InChI=1S/C42H24N2OS2/c1-2-11-26(12-3-1)38-37-36(25-21-23-27(24-22-25)42-44-33-18-7-8-19-34(33)45-42)41(47-40(37)30-14-4-6-17-32(30)43-38)31-16-10-15-29-28-13-5-9-20-35(28)46-39(29)31/h1-24H. The van der Waals surface area contributed by atoms with Crippen LogP contribution in [0.2, 0.25) is 0 Å². The Kier molecular flexibility index (Phi) is 5.92. The summed E-state index contributed by atoms with van der Waals surface area (Å²) in [5.74, 6) is 0.626. The number of thiophene rings is 2. The average molecular weight is 637 g/mol. The van der Waals surface area contributed by atoms with E-state index in [1.807, 2.05) is 46.9 Å². The van der Waals surface area contributed by atoms with Crippen molar-refractivity contribution in [1.82, 2.24) is 9.97 Å². The number of pyridine rings is 1. The lowest BCUT2D eigenvalue weighted by atomic mass is 9.94. The van der Waals surface area contributed by atoms with Crippen molar-refractivity contribution in [3.63, 3.8) is 0 Å². The molecule has 0 radical (unpaired) electrons. The summed E-state index contributed by atoms with van der Waals surface area (Å²) in [4.78, 5) is 11.3. The summed E-state index contributed by atoms with van der Waals surface area (Å²) >= 11 is 3.75. The first kappa shape index (κ1) is 26.6. The first-order valence-corrected chi connectivity index (χ1v) is 17.2. The van der Waals surface area contributed by atoms with Gasteiger partial charge in [-0.25, -0.2) is 9.97 Å². The molecule has 0 fully saturated rings. The summed E-state index contributed by atoms with van der Waals surface area (Å²) in [6.45, 7) is 0. The molecule has 0 unspecified atom stereocenters. The van der Waals surface area contributed by atoms with Gasteiger partial charge >= 0.3 is 0 Å². The molecule has 3 nitrogen and oxygen atoms in total. The van der Waals surface area contributed by atoms with Gasteiger partial charge in [0, 0.05) is 62.8 Å². The summed E-state index contributed by atoms with van der Waals surface area (Å²) in [7, 11) is 0. The third-order valence-electron chi connectivity index (χ3n) is 8.94. The van der Waals surface area contributed by atoms with Gasteiger partial charge in [-0.2, -0.15) is 0 Å². The fraction of sp³-hybridized carbons (Fsp3) is 0. The van der Waals surface area contributed by atoms with Gasteiger partial charge in [-0.3, -0.25) is 0 Å². The van der Waals surface area contributed by atoms with Crippen molar-refractivity contribution in [3.05, 3.63) is 146 Å². The molecule has 220 valence electrons. The molecule has 47 heavy (non-hydrogen) atoms. The zero-order valence-electron chi connectivity index (χ0n) is 25.0. The van der Waals surface area contributed by atoms with Gasteiger partial charge in [-0.05, 0) is 42.0 Å². The van der Waals surface area contributed by atoms with Gasteiger partial charge in [0.25, 0.3) is 0 Å². The topological polar surface area (TPSA) is 38.9 Å². The van der Waals surface area contributed by atoms with E-state index in [4.69, 9.17) is 14.4 Å². The molecule has 0 N–H and O–H groups in total. The van der Waals surface area contributed by atoms with Crippen LogP contribution in [0.3, 0.4) is 0 Å². The van der Waals surface area contributed by atoms with Crippen LogP contribution < -0.4 is 0 Å². The van der Waals surface area contributed by atoms with Gasteiger partial charge in [0.05, 0.1) is 11.2 Å². The van der Waals surface area contributed by atoms with Crippen molar-refractivity contribution in [3.8, 4) is 44.3 Å². The normalized spacial score (nSPS) is 11.8. The lowest BCUT2D eigenvalue weighted by Crippen LogP contribution is -1.90. The lowest BCUT2D eigenvalue weighted by Gasteiger charge is -2.11. The second-order valence-corrected chi connectivity index (χ2v) is 13.8. The number of fused-ring (bicyclic) bond motifs is 7. The summed E-state index contributed by atoms with van der Waals surface area (Å²) in [6, 6.07) is 51.2. The first-order valence-electron chi connectivity index (χ1n) is 15.6. The molecule has 0 aliphatic rings. The zero-order chi connectivity index (χ0) is 30.9. The number of rotatable bonds is 4. The van der Waals surface area contributed by atoms with E-state index in [0.29, 0.717) is 5.89 Å². The third-order valence-corrected chi connectivity index (χ3v) is 11.4. The number of nitrogens with zero attached hydrogens (tertiary/aromatic N) is 2. The molecule has 10 aromatic rings. The fourth-order valence-corrected chi connectivity index (χ4v) is 9.43. The predicted octanol–water partition coefficient (Wildman–Crippen LogP) is 12.6. The highest BCUT2D eigenvalue weighted by atomic mass is 32.1. The van der Waals surface area contributed by atoms with Crippen LogP contribution in [0.1, 0.15) is 0 Å². The Morgan fingerprint density at radius 2 is 1.17 bits per heavy atom. The molecule has 0 atom stereocenters. The zero-order valence-corrected chi connectivity index (χ0v) is 26.6. The molecule has 0 bridgehead atoms. The van der Waals surface area contributed by atoms with Crippen molar-refractivity contribution in [2.24, 2.45) is 0 Å². The van der Waals surface area contributed by atoms with E-state index in [2.05, 4.69) is 121 Å². The van der Waals surface area contributed by atoms with E-state index in [0.717, 1.165) is 39.0 Å². The highest BCUT2D eigenvalue weighted by Gasteiger charge is 2.24. The van der Waals surface area contributed by atoms with Crippen LogP contribution in [0.25, 0.3) is 96.5 Å². The summed E-state index contributed by atoms with van der Waals surface area (Å²) in [6.07, 6.45) is 0. The van der Waals surface area contributed by atoms with Gasteiger partial charge in [0.15, 0.2) is 5.58 Å². The molecule has 5 heteroatoms. The third kappa shape index (κ3) is 4.17. The van der Waals surface area contributed by atoms with Gasteiger partial charge in [0.2, 0.25) is 5.89 Å². The average Bonchev–Trinajstić information content (AvgIpc) is 3.86. The number of benzene rings is 6. The van der Waals surface area contributed by atoms with Crippen molar-refractivity contribution in [2.75, 3.05) is 0 Å². The van der Waals surface area contributed by atoms with Gasteiger partial charge in [-0.15, -0.1) is 22.7 Å². The molecule has 0 spiro atoms. The van der Waals surface area contributed by atoms with Gasteiger partial charge in [0.1, 0.15) is 5.52 Å². The predicted molar refractivity (Wildman–Crippen MR) is 199 cm³/mol. The van der Waals surface area contributed by atoms with Crippen LogP contribution >= 0.6 is 22.7 Å². The molecule has 0 aliphatic heterocycles. The molecule has 0 saturated carbocycles. The Morgan fingerprint density at radius 3 is 2.02 bits per heavy atom. The van der Waals surface area contributed by atoms with E-state index in [1.165, 1.54) is 51.6 Å². The number of hydrogen-bond acceptors (Lipinski definition) is 5. The molecule has 0 saturated heterocycles. The molecule has 10 rings (SSSR count). The van der Waals surface area contributed by atoms with Crippen LogP contribution in [-0.2, 0) is 0 Å². The number of oxazole rings is 1. The lowest BCUT2D eigenvalue weighted by molar-refractivity contribution is 0.620. The minimum Gasteiger partial charge on any atom is -0.436 e. The maximum absolute atomic E-state index is 6.13. The fourth-order valence-electron chi connectivity index (χ4n) is 6.76. The minimum atomic E-state index is 0.626. The monoisotopic (exact) mass is 636 g/mol. The van der Waals surface area contributed by atoms with Gasteiger partial charge < -0.3 is 4.42 Å². The number of para-hydroxylation sites is 3. The molecule has 6 aromatic carbocycles. The molecule has 0 amide bonds. The summed E-state index contributed by atoms with van der Waals surface area (Å²) < 4.78 is 9.99. The smallest absolute Gasteiger partial charge is 0.227 e. The Labute approximate surface area is 278 Å². The van der Waals surface area contributed by atoms with Crippen LogP contribution in [-0.4, -0.2) is 9.97 Å². The largest absolute Gasteiger partial charge is 0.436 e. The second kappa shape index (κ2) is 10.5. The van der Waals surface area contributed by atoms with Crippen LogP contribution in [0.4, 0.5) is 0 Å². The van der Waals surface area contributed by atoms with E-state index < -0.39 is 0 Å². The van der Waals surface area contributed by atoms with Crippen molar-refractivity contribution < 1.29 is 4.42 Å². The SMILES string of the molecule is c1ccc(-c2nc3ccccc3c3sc(-c4cccc5c4sc4ccccc45)c(-c4ccc(-c5nc6ccccc6o5)cc4)c23)cc1. The van der Waals surface area contributed by atoms with E-state index >= 15 is 0 Å². The maximum atomic E-state index is 6.13.